The molecule has 0 aromatic heterocycles. The molecule has 0 N–H and O–H groups in total. The molecule has 0 rings (SSSR count). The van der Waals surface area contributed by atoms with Gasteiger partial charge in [-0.15, -0.1) is 0 Å². The summed E-state index contributed by atoms with van der Waals surface area (Å²) in [5, 5.41) is 0. The fraction of sp³-hybridized carbons (Fsp3) is 1.00. The molecule has 8 heteroatoms. The van der Waals surface area contributed by atoms with E-state index in [0.717, 1.165) is 0 Å². The Kier molecular flexibility index (Phi) is 2.77. The minimum Gasteiger partial charge on any atom is -0.206 e. The monoisotopic (exact) mass is 264 g/mol. The van der Waals surface area contributed by atoms with Crippen LogP contribution in [0, 0.1) is 0 Å². The molecule has 0 saturated carbocycles. The summed E-state index contributed by atoms with van der Waals surface area (Å²) in [5.41, 5.74) is 0. The number of halogens is 8. The molecule has 0 aliphatic rings. The lowest BCUT2D eigenvalue weighted by Crippen LogP contribution is -2.47. The second-order valence-corrected chi connectivity index (χ2v) is 3.64. The van der Waals surface area contributed by atoms with Crippen molar-refractivity contribution < 1.29 is 26.3 Å². The van der Waals surface area contributed by atoms with E-state index in [2.05, 4.69) is 11.6 Å². The lowest BCUT2D eigenvalue weighted by molar-refractivity contribution is -0.297. The van der Waals surface area contributed by atoms with Crippen LogP contribution in [-0.4, -0.2) is 16.1 Å². The van der Waals surface area contributed by atoms with E-state index in [0.29, 0.717) is 0 Å². The van der Waals surface area contributed by atoms with E-state index in [-0.39, 0.29) is 0 Å². The van der Waals surface area contributed by atoms with Crippen LogP contribution >= 0.6 is 27.5 Å². The first-order valence-corrected chi connectivity index (χ1v) is 3.18. The zero-order valence-corrected chi connectivity index (χ0v) is 6.87. The molecular weight excluding hydrogens is 265 g/mol. The summed E-state index contributed by atoms with van der Waals surface area (Å²) in [6.45, 7) is 0. The first kappa shape index (κ1) is 11.4. The zero-order valence-electron chi connectivity index (χ0n) is 4.52. The van der Waals surface area contributed by atoms with E-state index in [1.165, 1.54) is 15.9 Å². The van der Waals surface area contributed by atoms with Crippen LogP contribution < -0.4 is 0 Å². The van der Waals surface area contributed by atoms with Crippen molar-refractivity contribution in [2.45, 2.75) is 16.1 Å². The van der Waals surface area contributed by atoms with E-state index in [1.54, 1.807) is 0 Å². The summed E-state index contributed by atoms with van der Waals surface area (Å²) in [6.07, 6.45) is -6.01. The SMILES string of the molecule is FC(F)(F)C(F)(F)C(F)(Cl)Br. The minimum absolute atomic E-state index is 1.36. The highest BCUT2D eigenvalue weighted by molar-refractivity contribution is 9.10. The molecule has 0 aromatic carbocycles. The Balaban J connectivity index is 4.75. The van der Waals surface area contributed by atoms with Crippen molar-refractivity contribution in [2.75, 3.05) is 0 Å². The molecule has 0 heterocycles. The van der Waals surface area contributed by atoms with Gasteiger partial charge in [0.05, 0.1) is 0 Å². The number of alkyl halides is 8. The van der Waals surface area contributed by atoms with Gasteiger partial charge in [0, 0.05) is 0 Å². The predicted molar refractivity (Wildman–Crippen MR) is 29.6 cm³/mol. The van der Waals surface area contributed by atoms with Gasteiger partial charge in [0.2, 0.25) is 0 Å². The van der Waals surface area contributed by atoms with E-state index < -0.39 is 16.1 Å². The van der Waals surface area contributed by atoms with E-state index in [9.17, 15) is 26.3 Å². The Morgan fingerprint density at radius 2 is 1.18 bits per heavy atom. The summed E-state index contributed by atoms with van der Waals surface area (Å²) in [4.78, 5) is 0. The predicted octanol–water partition coefficient (Wildman–Crippen LogP) is 3.44. The Hall–Kier alpha value is 0.350. The fourth-order valence-electron chi connectivity index (χ4n) is 0.161. The molecular formula is C3BrClF6. The number of rotatable bonds is 1. The van der Waals surface area contributed by atoms with Gasteiger partial charge in [-0.1, -0.05) is 11.6 Å². The molecule has 0 fully saturated rings. The van der Waals surface area contributed by atoms with Gasteiger partial charge < -0.3 is 0 Å². The molecule has 0 aliphatic carbocycles. The van der Waals surface area contributed by atoms with Gasteiger partial charge in [0.15, 0.2) is 0 Å². The van der Waals surface area contributed by atoms with Crippen LogP contribution in [0.5, 0.6) is 0 Å². The highest BCUT2D eigenvalue weighted by atomic mass is 79.9. The van der Waals surface area contributed by atoms with Crippen LogP contribution in [0.25, 0.3) is 0 Å². The second-order valence-electron chi connectivity index (χ2n) is 1.57. The summed E-state index contributed by atoms with van der Waals surface area (Å²) >= 11 is 5.45. The third-order valence-corrected chi connectivity index (χ3v) is 1.45. The number of hydrogen-bond donors (Lipinski definition) is 0. The molecule has 1 unspecified atom stereocenters. The van der Waals surface area contributed by atoms with Gasteiger partial charge in [-0.2, -0.15) is 22.0 Å². The van der Waals surface area contributed by atoms with Crippen molar-refractivity contribution >= 4 is 27.5 Å². The lowest BCUT2D eigenvalue weighted by Gasteiger charge is -2.24. The highest BCUT2D eigenvalue weighted by Crippen LogP contribution is 2.50. The van der Waals surface area contributed by atoms with Crippen LogP contribution in [0.1, 0.15) is 0 Å². The van der Waals surface area contributed by atoms with Gasteiger partial charge in [0.25, 0.3) is 0 Å². The van der Waals surface area contributed by atoms with Gasteiger partial charge >= 0.3 is 16.1 Å². The normalized spacial score (nSPS) is 19.6. The standard InChI is InChI=1S/C3BrClF6/c4-2(5,8)1(6,7)3(9,10)11. The summed E-state index contributed by atoms with van der Waals surface area (Å²) in [5.74, 6) is -5.61. The maximum atomic E-state index is 11.9. The molecule has 0 spiro atoms. The molecule has 68 valence electrons. The third kappa shape index (κ3) is 2.14. The Bertz CT molecular complexity index is 129. The second kappa shape index (κ2) is 2.69. The zero-order chi connectivity index (χ0) is 9.50. The lowest BCUT2D eigenvalue weighted by atomic mass is 10.4. The topological polar surface area (TPSA) is 0 Å². The first-order chi connectivity index (χ1) is 4.50. The average molecular weight is 265 g/mol. The molecule has 1 atom stereocenters. The van der Waals surface area contributed by atoms with Crippen LogP contribution in [-0.2, 0) is 0 Å². The van der Waals surface area contributed by atoms with E-state index >= 15 is 0 Å². The van der Waals surface area contributed by atoms with Crippen LogP contribution in [0.2, 0.25) is 0 Å². The number of hydrogen-bond acceptors (Lipinski definition) is 0. The molecule has 0 saturated heterocycles. The molecule has 0 aliphatic heterocycles. The maximum Gasteiger partial charge on any atom is 0.459 e. The van der Waals surface area contributed by atoms with E-state index in [1.807, 2.05) is 0 Å². The van der Waals surface area contributed by atoms with Crippen molar-refractivity contribution in [2.24, 2.45) is 0 Å². The molecule has 0 bridgehead atoms. The smallest absolute Gasteiger partial charge is 0.206 e. The van der Waals surface area contributed by atoms with E-state index in [4.69, 9.17) is 0 Å². The molecule has 0 amide bonds. The van der Waals surface area contributed by atoms with Crippen LogP contribution in [0.3, 0.4) is 0 Å². The molecule has 0 radical (unpaired) electrons. The highest BCUT2D eigenvalue weighted by Gasteiger charge is 2.70. The van der Waals surface area contributed by atoms with Crippen LogP contribution in [0.4, 0.5) is 26.3 Å². The van der Waals surface area contributed by atoms with Crippen molar-refractivity contribution in [3.05, 3.63) is 0 Å². The maximum absolute atomic E-state index is 11.9. The molecule has 0 aromatic rings. The van der Waals surface area contributed by atoms with Crippen LogP contribution in [0.15, 0.2) is 0 Å². The Labute approximate surface area is 70.6 Å². The average Bonchev–Trinajstić information content (AvgIpc) is 1.58. The molecule has 11 heavy (non-hydrogen) atoms. The third-order valence-electron chi connectivity index (χ3n) is 0.712. The van der Waals surface area contributed by atoms with Gasteiger partial charge in [-0.25, -0.2) is 4.39 Å². The molecule has 0 nitrogen and oxygen atoms in total. The largest absolute Gasteiger partial charge is 0.459 e. The Morgan fingerprint density at radius 1 is 0.909 bits per heavy atom. The minimum atomic E-state index is -6.01. The van der Waals surface area contributed by atoms with Crippen molar-refractivity contribution in [1.82, 2.24) is 0 Å². The van der Waals surface area contributed by atoms with Crippen molar-refractivity contribution in [3.63, 3.8) is 0 Å². The van der Waals surface area contributed by atoms with Crippen molar-refractivity contribution in [1.29, 1.82) is 0 Å². The van der Waals surface area contributed by atoms with Crippen molar-refractivity contribution in [3.8, 4) is 0 Å². The first-order valence-electron chi connectivity index (χ1n) is 2.01. The van der Waals surface area contributed by atoms with Gasteiger partial charge in [-0.3, -0.25) is 0 Å². The van der Waals surface area contributed by atoms with Gasteiger partial charge in [0.1, 0.15) is 0 Å². The fourth-order valence-corrected chi connectivity index (χ4v) is 0.493. The summed E-state index contributed by atoms with van der Waals surface area (Å²) in [6, 6.07) is 0. The van der Waals surface area contributed by atoms with Gasteiger partial charge in [-0.05, 0) is 15.9 Å². The Morgan fingerprint density at radius 3 is 1.18 bits per heavy atom. The quantitative estimate of drug-likeness (QED) is 0.503. The summed E-state index contributed by atoms with van der Waals surface area (Å²) < 4.78 is 64.8. The summed E-state index contributed by atoms with van der Waals surface area (Å²) in [7, 11) is 0.